The standard InChI is InChI=1S/C22H24Cl3N5O4S/c23-17-7-6-16(11-18(17)24)35(33,34)30-10-9-29(22(32)13-1-8-19(25)27-12-13)21(30)20(31)28-15-4-2-14(26)3-5-15/h1,6-8,11-12,14-15,21H,2-5,9-10,26H2,(H,28,31). The van der Waals surface area contributed by atoms with Gasteiger partial charge in [-0.15, -0.1) is 0 Å². The molecule has 0 bridgehead atoms. The second-order valence-electron chi connectivity index (χ2n) is 8.55. The van der Waals surface area contributed by atoms with Crippen molar-refractivity contribution in [3.8, 4) is 0 Å². The van der Waals surface area contributed by atoms with E-state index in [9.17, 15) is 18.0 Å². The highest BCUT2D eigenvalue weighted by atomic mass is 35.5. The largest absolute Gasteiger partial charge is 0.350 e. The predicted molar refractivity (Wildman–Crippen MR) is 133 cm³/mol. The molecule has 1 saturated heterocycles. The van der Waals surface area contributed by atoms with Crippen molar-refractivity contribution in [1.29, 1.82) is 0 Å². The molecule has 188 valence electrons. The van der Waals surface area contributed by atoms with Gasteiger partial charge in [-0.3, -0.25) is 9.59 Å². The van der Waals surface area contributed by atoms with E-state index in [2.05, 4.69) is 10.3 Å². The number of rotatable bonds is 5. The monoisotopic (exact) mass is 559 g/mol. The second kappa shape index (κ2) is 10.6. The Morgan fingerprint density at radius 1 is 1.00 bits per heavy atom. The highest BCUT2D eigenvalue weighted by Gasteiger charge is 2.47. The molecule has 9 nitrogen and oxygen atoms in total. The van der Waals surface area contributed by atoms with Crippen molar-refractivity contribution < 1.29 is 18.0 Å². The zero-order valence-corrected chi connectivity index (χ0v) is 21.6. The van der Waals surface area contributed by atoms with E-state index in [1.165, 1.54) is 41.4 Å². The number of nitrogens with zero attached hydrogens (tertiary/aromatic N) is 3. The third-order valence-corrected chi connectivity index (χ3v) is 9.03. The Morgan fingerprint density at radius 3 is 2.34 bits per heavy atom. The Bertz CT molecular complexity index is 1220. The number of carbonyl (C=O) groups is 2. The average molecular weight is 561 g/mol. The van der Waals surface area contributed by atoms with Crippen LogP contribution in [0, 0.1) is 0 Å². The molecule has 1 saturated carbocycles. The van der Waals surface area contributed by atoms with Gasteiger partial charge in [-0.2, -0.15) is 4.31 Å². The third kappa shape index (κ3) is 5.58. The molecule has 1 aromatic heterocycles. The van der Waals surface area contributed by atoms with Crippen LogP contribution in [0.5, 0.6) is 0 Å². The van der Waals surface area contributed by atoms with Crippen LogP contribution in [0.4, 0.5) is 0 Å². The van der Waals surface area contributed by atoms with Gasteiger partial charge in [0.1, 0.15) is 5.15 Å². The quantitative estimate of drug-likeness (QED) is 0.542. The van der Waals surface area contributed by atoms with Crippen LogP contribution in [0.3, 0.4) is 0 Å². The van der Waals surface area contributed by atoms with Gasteiger partial charge in [0.2, 0.25) is 10.0 Å². The predicted octanol–water partition coefficient (Wildman–Crippen LogP) is 2.90. The number of benzene rings is 1. The van der Waals surface area contributed by atoms with Crippen LogP contribution in [-0.2, 0) is 14.8 Å². The lowest BCUT2D eigenvalue weighted by Gasteiger charge is -2.32. The molecule has 2 aliphatic rings. The fraction of sp³-hybridized carbons (Fsp3) is 0.409. The van der Waals surface area contributed by atoms with E-state index in [1.807, 2.05) is 0 Å². The molecule has 0 radical (unpaired) electrons. The molecule has 1 aliphatic heterocycles. The van der Waals surface area contributed by atoms with Gasteiger partial charge in [0.05, 0.1) is 20.5 Å². The van der Waals surface area contributed by atoms with Crippen molar-refractivity contribution in [2.75, 3.05) is 13.1 Å². The Kier molecular flexibility index (Phi) is 7.89. The molecule has 1 unspecified atom stereocenters. The van der Waals surface area contributed by atoms with Crippen LogP contribution in [0.25, 0.3) is 0 Å². The summed E-state index contributed by atoms with van der Waals surface area (Å²) in [6, 6.07) is 6.76. The molecule has 2 fully saturated rings. The molecule has 1 aliphatic carbocycles. The van der Waals surface area contributed by atoms with E-state index < -0.39 is 28.0 Å². The number of carbonyl (C=O) groups excluding carboxylic acids is 2. The van der Waals surface area contributed by atoms with Crippen LogP contribution in [0.1, 0.15) is 36.0 Å². The van der Waals surface area contributed by atoms with Crippen LogP contribution in [-0.4, -0.2) is 65.8 Å². The summed E-state index contributed by atoms with van der Waals surface area (Å²) in [4.78, 5) is 31.8. The van der Waals surface area contributed by atoms with Gasteiger partial charge in [-0.1, -0.05) is 34.8 Å². The van der Waals surface area contributed by atoms with E-state index in [1.54, 1.807) is 0 Å². The van der Waals surface area contributed by atoms with Gasteiger partial charge < -0.3 is 16.0 Å². The lowest BCUT2D eigenvalue weighted by atomic mass is 9.92. The number of hydrogen-bond donors (Lipinski definition) is 2. The number of aromatic nitrogens is 1. The van der Waals surface area contributed by atoms with Gasteiger partial charge in [-0.25, -0.2) is 13.4 Å². The molecule has 3 N–H and O–H groups in total. The average Bonchev–Trinajstić information content (AvgIpc) is 3.28. The summed E-state index contributed by atoms with van der Waals surface area (Å²) in [5.74, 6) is -1.12. The van der Waals surface area contributed by atoms with Gasteiger partial charge in [-0.05, 0) is 56.0 Å². The van der Waals surface area contributed by atoms with Crippen LogP contribution in [0.2, 0.25) is 15.2 Å². The van der Waals surface area contributed by atoms with E-state index >= 15 is 0 Å². The molecule has 1 atom stereocenters. The smallest absolute Gasteiger partial charge is 0.259 e. The summed E-state index contributed by atoms with van der Waals surface area (Å²) in [5, 5.41) is 3.39. The summed E-state index contributed by atoms with van der Waals surface area (Å²) < 4.78 is 28.1. The first-order valence-corrected chi connectivity index (χ1v) is 13.6. The van der Waals surface area contributed by atoms with Crippen molar-refractivity contribution in [3.63, 3.8) is 0 Å². The number of hydrogen-bond acceptors (Lipinski definition) is 6. The minimum Gasteiger partial charge on any atom is -0.350 e. The lowest BCUT2D eigenvalue weighted by Crippen LogP contribution is -2.56. The number of amides is 2. The van der Waals surface area contributed by atoms with Gasteiger partial charge in [0.25, 0.3) is 11.8 Å². The summed E-state index contributed by atoms with van der Waals surface area (Å²) in [5.41, 5.74) is 6.15. The van der Waals surface area contributed by atoms with Crippen molar-refractivity contribution in [3.05, 3.63) is 57.3 Å². The fourth-order valence-electron chi connectivity index (χ4n) is 4.32. The summed E-state index contributed by atoms with van der Waals surface area (Å²) in [6.07, 6.45) is 2.74. The summed E-state index contributed by atoms with van der Waals surface area (Å²) in [6.45, 7) is -0.0708. The maximum Gasteiger partial charge on any atom is 0.259 e. The molecule has 1 aromatic carbocycles. The number of pyridine rings is 1. The lowest BCUT2D eigenvalue weighted by molar-refractivity contribution is -0.128. The maximum absolute atomic E-state index is 13.6. The highest BCUT2D eigenvalue weighted by Crippen LogP contribution is 2.30. The molecular formula is C22H24Cl3N5O4S. The second-order valence-corrected chi connectivity index (χ2v) is 11.6. The third-order valence-electron chi connectivity index (χ3n) is 6.21. The Morgan fingerprint density at radius 2 is 1.71 bits per heavy atom. The minimum atomic E-state index is -4.20. The van der Waals surface area contributed by atoms with E-state index in [-0.39, 0.29) is 50.8 Å². The topological polar surface area (TPSA) is 126 Å². The molecule has 2 amide bonds. The van der Waals surface area contributed by atoms with Gasteiger partial charge in [0.15, 0.2) is 6.17 Å². The van der Waals surface area contributed by atoms with Gasteiger partial charge >= 0.3 is 0 Å². The highest BCUT2D eigenvalue weighted by molar-refractivity contribution is 7.89. The zero-order chi connectivity index (χ0) is 25.3. The SMILES string of the molecule is NC1CCC(NC(=O)C2N(C(=O)c3ccc(Cl)nc3)CCN2S(=O)(=O)c2ccc(Cl)c(Cl)c2)CC1. The Hall–Kier alpha value is -1.95. The maximum atomic E-state index is 13.6. The summed E-state index contributed by atoms with van der Waals surface area (Å²) >= 11 is 17.8. The molecule has 4 rings (SSSR count). The molecule has 2 heterocycles. The van der Waals surface area contributed by atoms with E-state index in [0.29, 0.717) is 12.8 Å². The first-order valence-electron chi connectivity index (χ1n) is 11.0. The number of nitrogens with one attached hydrogen (secondary N) is 1. The summed E-state index contributed by atoms with van der Waals surface area (Å²) in [7, 11) is -4.20. The van der Waals surface area contributed by atoms with Crippen LogP contribution in [0.15, 0.2) is 41.4 Å². The fourth-order valence-corrected chi connectivity index (χ4v) is 6.37. The first kappa shape index (κ1) is 26.1. The van der Waals surface area contributed by atoms with Crippen molar-refractivity contribution in [1.82, 2.24) is 19.5 Å². The molecule has 13 heteroatoms. The van der Waals surface area contributed by atoms with E-state index in [0.717, 1.165) is 17.1 Å². The number of halogens is 3. The first-order chi connectivity index (χ1) is 16.6. The zero-order valence-electron chi connectivity index (χ0n) is 18.5. The Balaban J connectivity index is 1.66. The molecule has 35 heavy (non-hydrogen) atoms. The van der Waals surface area contributed by atoms with Crippen molar-refractivity contribution in [2.45, 2.75) is 48.8 Å². The number of nitrogens with two attached hydrogens (primary N) is 1. The van der Waals surface area contributed by atoms with E-state index in [4.69, 9.17) is 40.5 Å². The van der Waals surface area contributed by atoms with Gasteiger partial charge in [0, 0.05) is 31.4 Å². The molecule has 2 aromatic rings. The van der Waals surface area contributed by atoms with Crippen LogP contribution >= 0.6 is 34.8 Å². The minimum absolute atomic E-state index is 0.00956. The number of sulfonamides is 1. The van der Waals surface area contributed by atoms with Crippen molar-refractivity contribution in [2.24, 2.45) is 5.73 Å². The van der Waals surface area contributed by atoms with Crippen LogP contribution < -0.4 is 11.1 Å². The molecule has 0 spiro atoms. The van der Waals surface area contributed by atoms with Crippen molar-refractivity contribution >= 4 is 56.6 Å². The normalized spacial score (nSPS) is 23.3. The molecular weight excluding hydrogens is 537 g/mol. The Labute approximate surface area is 218 Å².